The topological polar surface area (TPSA) is 55.8 Å². The Hall–Kier alpha value is -3.27. The molecule has 2 saturated carbocycles. The van der Waals surface area contributed by atoms with Crippen LogP contribution in [0.4, 0.5) is 0 Å². The number of hydrogen-bond donors (Lipinski definition) is 1. The van der Waals surface area contributed by atoms with Gasteiger partial charge in [0.05, 0.1) is 19.8 Å². The van der Waals surface area contributed by atoms with Gasteiger partial charge >= 0.3 is 5.97 Å². The molecule has 162 valence electrons. The molecule has 32 heavy (non-hydrogen) atoms. The van der Waals surface area contributed by atoms with Crippen LogP contribution in [0.5, 0.6) is 11.5 Å². The first kappa shape index (κ1) is 19.4. The first-order valence-corrected chi connectivity index (χ1v) is 11.2. The Morgan fingerprint density at radius 3 is 2.50 bits per heavy atom. The molecule has 6 rings (SSSR count). The number of methoxy groups -OCH3 is 2. The zero-order valence-corrected chi connectivity index (χ0v) is 18.3. The molecular formula is C28H26O4. The van der Waals surface area contributed by atoms with Gasteiger partial charge in [-0.05, 0) is 89.1 Å². The van der Waals surface area contributed by atoms with Gasteiger partial charge in [-0.25, -0.2) is 4.79 Å². The average Bonchev–Trinajstić information content (AvgIpc) is 3.65. The number of ether oxygens (including phenoxy) is 2. The number of benzene rings is 3. The molecular weight excluding hydrogens is 400 g/mol. The van der Waals surface area contributed by atoms with Gasteiger partial charge in [0.2, 0.25) is 0 Å². The summed E-state index contributed by atoms with van der Waals surface area (Å²) < 4.78 is 11.0. The summed E-state index contributed by atoms with van der Waals surface area (Å²) in [5.41, 5.74) is 7.77. The van der Waals surface area contributed by atoms with Crippen LogP contribution in [0.2, 0.25) is 0 Å². The van der Waals surface area contributed by atoms with Crippen molar-refractivity contribution >= 4 is 5.97 Å². The minimum atomic E-state index is -0.878. The van der Waals surface area contributed by atoms with E-state index in [0.717, 1.165) is 36.2 Å². The minimum Gasteiger partial charge on any atom is -0.493 e. The zero-order chi connectivity index (χ0) is 22.0. The van der Waals surface area contributed by atoms with Crippen molar-refractivity contribution in [2.24, 2.45) is 11.8 Å². The molecule has 0 radical (unpaired) electrons. The van der Waals surface area contributed by atoms with E-state index >= 15 is 0 Å². The van der Waals surface area contributed by atoms with E-state index in [2.05, 4.69) is 30.3 Å². The summed E-state index contributed by atoms with van der Waals surface area (Å²) in [4.78, 5) is 11.1. The van der Waals surface area contributed by atoms with Crippen molar-refractivity contribution in [1.29, 1.82) is 0 Å². The Morgan fingerprint density at radius 2 is 1.78 bits per heavy atom. The van der Waals surface area contributed by atoms with Crippen LogP contribution in [0.1, 0.15) is 44.1 Å². The summed E-state index contributed by atoms with van der Waals surface area (Å²) in [7, 11) is 3.37. The van der Waals surface area contributed by atoms with Crippen LogP contribution in [0.25, 0.3) is 0 Å². The molecule has 0 aliphatic heterocycles. The van der Waals surface area contributed by atoms with Gasteiger partial charge in [0.1, 0.15) is 0 Å². The van der Waals surface area contributed by atoms with Gasteiger partial charge in [0.15, 0.2) is 11.5 Å². The molecule has 0 bridgehead atoms. The molecule has 4 nitrogen and oxygen atoms in total. The molecule has 1 N–H and O–H groups in total. The monoisotopic (exact) mass is 426 g/mol. The quantitative estimate of drug-likeness (QED) is 0.576. The fourth-order valence-electron chi connectivity index (χ4n) is 6.54. The zero-order valence-electron chi connectivity index (χ0n) is 18.3. The van der Waals surface area contributed by atoms with Crippen molar-refractivity contribution in [2.75, 3.05) is 14.2 Å². The Bertz CT molecular complexity index is 1230. The highest BCUT2D eigenvalue weighted by Gasteiger charge is 2.89. The van der Waals surface area contributed by atoms with Gasteiger partial charge in [-0.1, -0.05) is 36.4 Å². The first-order chi connectivity index (χ1) is 15.6. The van der Waals surface area contributed by atoms with Crippen molar-refractivity contribution in [2.45, 2.75) is 30.6 Å². The Labute approximate surface area is 187 Å². The summed E-state index contributed by atoms with van der Waals surface area (Å²) in [6.45, 7) is 0. The van der Waals surface area contributed by atoms with Crippen LogP contribution in [0.3, 0.4) is 0 Å². The van der Waals surface area contributed by atoms with Gasteiger partial charge in [-0.3, -0.25) is 0 Å². The number of hydrogen-bond acceptors (Lipinski definition) is 3. The van der Waals surface area contributed by atoms with E-state index in [1.165, 1.54) is 28.7 Å². The molecule has 2 fully saturated rings. The van der Waals surface area contributed by atoms with E-state index < -0.39 is 5.97 Å². The van der Waals surface area contributed by atoms with E-state index in [1.807, 2.05) is 18.2 Å². The second-order valence-electron chi connectivity index (χ2n) is 9.31. The second-order valence-corrected chi connectivity index (χ2v) is 9.31. The Balaban J connectivity index is 1.27. The highest BCUT2D eigenvalue weighted by molar-refractivity contribution is 5.87. The lowest BCUT2D eigenvalue weighted by Gasteiger charge is -2.18. The summed E-state index contributed by atoms with van der Waals surface area (Å²) in [5, 5.41) is 9.12. The normalized spacial score (nSPS) is 26.0. The first-order valence-electron chi connectivity index (χ1n) is 11.2. The summed E-state index contributed by atoms with van der Waals surface area (Å²) in [6, 6.07) is 20.5. The minimum absolute atomic E-state index is 0.318. The smallest absolute Gasteiger partial charge is 0.335 e. The number of carbonyl (C=O) groups is 1. The highest BCUT2D eigenvalue weighted by Crippen LogP contribution is 2.91. The van der Waals surface area contributed by atoms with Crippen LogP contribution in [0.15, 0.2) is 60.7 Å². The van der Waals surface area contributed by atoms with E-state index in [-0.39, 0.29) is 0 Å². The number of carboxylic acids is 1. The second kappa shape index (κ2) is 6.86. The van der Waals surface area contributed by atoms with Gasteiger partial charge < -0.3 is 14.6 Å². The largest absolute Gasteiger partial charge is 0.493 e. The van der Waals surface area contributed by atoms with E-state index in [0.29, 0.717) is 16.9 Å². The molecule has 1 spiro atoms. The third kappa shape index (κ3) is 2.59. The molecule has 0 heterocycles. The molecule has 4 atom stereocenters. The third-order valence-electron chi connectivity index (χ3n) is 8.01. The molecule has 0 amide bonds. The number of fused-ring (bicyclic) bond motifs is 2. The molecule has 0 aromatic heterocycles. The summed E-state index contributed by atoms with van der Waals surface area (Å²) in [5.74, 6) is 2.82. The van der Waals surface area contributed by atoms with Gasteiger partial charge in [0, 0.05) is 5.41 Å². The van der Waals surface area contributed by atoms with E-state index in [1.54, 1.807) is 31.9 Å². The molecule has 3 aromatic carbocycles. The maximum absolute atomic E-state index is 11.1. The van der Waals surface area contributed by atoms with Gasteiger partial charge in [-0.2, -0.15) is 0 Å². The molecule has 3 aliphatic rings. The van der Waals surface area contributed by atoms with Gasteiger partial charge in [-0.15, -0.1) is 0 Å². The number of aromatic carboxylic acids is 1. The molecule has 3 aromatic rings. The van der Waals surface area contributed by atoms with Crippen molar-refractivity contribution in [1.82, 2.24) is 0 Å². The van der Waals surface area contributed by atoms with Crippen LogP contribution in [-0.4, -0.2) is 25.3 Å². The lowest BCUT2D eigenvalue weighted by molar-refractivity contribution is 0.0697. The number of carboxylic acid groups (broad SMARTS) is 1. The predicted molar refractivity (Wildman–Crippen MR) is 122 cm³/mol. The van der Waals surface area contributed by atoms with Crippen LogP contribution < -0.4 is 9.47 Å². The molecule has 4 unspecified atom stereocenters. The van der Waals surface area contributed by atoms with Crippen molar-refractivity contribution < 1.29 is 19.4 Å². The molecule has 3 aliphatic carbocycles. The SMILES string of the molecule is COc1ccc(C2C3C4Cc5cccc(CCc6ccc(C(=O)O)cc6)c5C423)cc1OC. The predicted octanol–water partition coefficient (Wildman–Crippen LogP) is 5.02. The fraction of sp³-hybridized carbons (Fsp3) is 0.321. The average molecular weight is 427 g/mol. The lowest BCUT2D eigenvalue weighted by Crippen LogP contribution is -2.10. The van der Waals surface area contributed by atoms with Crippen molar-refractivity contribution in [3.63, 3.8) is 0 Å². The number of rotatable bonds is 7. The Morgan fingerprint density at radius 1 is 1.00 bits per heavy atom. The van der Waals surface area contributed by atoms with Crippen LogP contribution in [-0.2, 0) is 24.7 Å². The summed E-state index contributed by atoms with van der Waals surface area (Å²) in [6.07, 6.45) is 3.10. The standard InChI is InChI=1S/C28H26O4/c1-31-22-13-12-20(15-23(22)32-2)25-26-21-14-19-5-3-4-17(24(19)28(21,25)26)9-6-16-7-10-18(11-8-16)27(29)30/h3-5,7-8,10-13,15,21,25-26H,6,9,14H2,1-2H3,(H,29,30). The highest BCUT2D eigenvalue weighted by atomic mass is 16.5. The maximum atomic E-state index is 11.1. The molecule has 0 saturated heterocycles. The van der Waals surface area contributed by atoms with Gasteiger partial charge in [0.25, 0.3) is 0 Å². The summed E-state index contributed by atoms with van der Waals surface area (Å²) >= 11 is 0. The van der Waals surface area contributed by atoms with Crippen molar-refractivity contribution in [3.05, 3.63) is 94.0 Å². The lowest BCUT2D eigenvalue weighted by atomic mass is 9.87. The van der Waals surface area contributed by atoms with Crippen LogP contribution in [0, 0.1) is 11.8 Å². The van der Waals surface area contributed by atoms with E-state index in [4.69, 9.17) is 14.6 Å². The fourth-order valence-corrected chi connectivity index (χ4v) is 6.54. The molecule has 4 heteroatoms. The number of aryl methyl sites for hydroxylation is 2. The van der Waals surface area contributed by atoms with Crippen molar-refractivity contribution in [3.8, 4) is 11.5 Å². The Kier molecular flexibility index (Phi) is 4.16. The third-order valence-corrected chi connectivity index (χ3v) is 8.01. The van der Waals surface area contributed by atoms with E-state index in [9.17, 15) is 4.79 Å². The van der Waals surface area contributed by atoms with Crippen LogP contribution >= 0.6 is 0 Å². The maximum Gasteiger partial charge on any atom is 0.335 e.